The third kappa shape index (κ3) is 5.58. The number of nitro benzene ring substituents is 1. The van der Waals surface area contributed by atoms with Gasteiger partial charge in [0.15, 0.2) is 0 Å². The molecule has 0 saturated heterocycles. The first-order valence-electron chi connectivity index (χ1n) is 6.66. The highest BCUT2D eigenvalue weighted by atomic mass is 32.2. The SMILES string of the molecule is O=[N+]([O-])c1ccc(F)cc1OS(=O)(=O)Cc1ccc(OC(F)(F)F)cc1. The predicted octanol–water partition coefficient (Wildman–Crippen LogP) is 3.54. The molecule has 0 unspecified atom stereocenters. The van der Waals surface area contributed by atoms with Crippen molar-refractivity contribution in [3.63, 3.8) is 0 Å². The Morgan fingerprint density at radius 2 is 1.69 bits per heavy atom. The molecule has 0 N–H and O–H groups in total. The van der Waals surface area contributed by atoms with Crippen LogP contribution in [0.4, 0.5) is 23.2 Å². The molecule has 0 radical (unpaired) electrons. The zero-order chi connectivity index (χ0) is 19.5. The van der Waals surface area contributed by atoms with Gasteiger partial charge in [-0.1, -0.05) is 12.1 Å². The zero-order valence-electron chi connectivity index (χ0n) is 12.6. The summed E-state index contributed by atoms with van der Waals surface area (Å²) in [6, 6.07) is 5.91. The van der Waals surface area contributed by atoms with E-state index in [4.69, 9.17) is 0 Å². The highest BCUT2D eigenvalue weighted by molar-refractivity contribution is 7.86. The summed E-state index contributed by atoms with van der Waals surface area (Å²) in [7, 11) is -4.44. The molecule has 2 rings (SSSR count). The lowest BCUT2D eigenvalue weighted by molar-refractivity contribution is -0.385. The molecule has 0 aliphatic heterocycles. The summed E-state index contributed by atoms with van der Waals surface area (Å²) in [4.78, 5) is 9.88. The maximum absolute atomic E-state index is 13.2. The number of ether oxygens (including phenoxy) is 1. The fourth-order valence-electron chi connectivity index (χ4n) is 1.86. The minimum Gasteiger partial charge on any atom is -0.406 e. The second-order valence-corrected chi connectivity index (χ2v) is 6.42. The molecule has 0 amide bonds. The number of nitro groups is 1. The van der Waals surface area contributed by atoms with E-state index in [1.807, 2.05) is 0 Å². The summed E-state index contributed by atoms with van der Waals surface area (Å²) in [6.45, 7) is 0. The van der Waals surface area contributed by atoms with Gasteiger partial charge in [-0.3, -0.25) is 10.1 Å². The van der Waals surface area contributed by atoms with Crippen LogP contribution < -0.4 is 8.92 Å². The van der Waals surface area contributed by atoms with Crippen molar-refractivity contribution in [2.75, 3.05) is 0 Å². The molecule has 2 aromatic rings. The number of hydrogen-bond donors (Lipinski definition) is 0. The van der Waals surface area contributed by atoms with Gasteiger partial charge in [-0.25, -0.2) is 4.39 Å². The van der Waals surface area contributed by atoms with Crippen LogP contribution in [0.15, 0.2) is 42.5 Å². The summed E-state index contributed by atoms with van der Waals surface area (Å²) in [6.07, 6.45) is -4.90. The molecule has 7 nitrogen and oxygen atoms in total. The smallest absolute Gasteiger partial charge is 0.406 e. The van der Waals surface area contributed by atoms with Crippen LogP contribution in [0.25, 0.3) is 0 Å². The van der Waals surface area contributed by atoms with Gasteiger partial charge in [0, 0.05) is 12.1 Å². The highest BCUT2D eigenvalue weighted by Gasteiger charge is 2.31. The Balaban J connectivity index is 2.17. The number of benzene rings is 2. The Morgan fingerprint density at radius 1 is 1.08 bits per heavy atom. The standard InChI is InChI=1S/C14H9F4NO6S/c15-10-3-6-12(19(20)21)13(7-10)25-26(22,23)8-9-1-4-11(5-2-9)24-14(16,17)18/h1-7H,8H2. The van der Waals surface area contributed by atoms with Gasteiger partial charge in [0.25, 0.3) is 0 Å². The number of alkyl halides is 3. The van der Waals surface area contributed by atoms with Gasteiger partial charge >= 0.3 is 22.2 Å². The van der Waals surface area contributed by atoms with E-state index in [2.05, 4.69) is 8.92 Å². The number of rotatable bonds is 6. The monoisotopic (exact) mass is 395 g/mol. The molecule has 0 saturated carbocycles. The van der Waals surface area contributed by atoms with Crippen molar-refractivity contribution in [1.82, 2.24) is 0 Å². The Hall–Kier alpha value is -2.89. The molecule has 26 heavy (non-hydrogen) atoms. The van der Waals surface area contributed by atoms with Crippen molar-refractivity contribution in [2.45, 2.75) is 12.1 Å². The second kappa shape index (κ2) is 7.15. The van der Waals surface area contributed by atoms with Crippen molar-refractivity contribution in [3.05, 3.63) is 64.0 Å². The van der Waals surface area contributed by atoms with E-state index < -0.39 is 50.2 Å². The molecular weight excluding hydrogens is 386 g/mol. The topological polar surface area (TPSA) is 95.7 Å². The van der Waals surface area contributed by atoms with Gasteiger partial charge in [0.2, 0.25) is 5.75 Å². The van der Waals surface area contributed by atoms with Crippen molar-refractivity contribution < 1.29 is 39.8 Å². The average Bonchev–Trinajstić information content (AvgIpc) is 2.46. The van der Waals surface area contributed by atoms with Gasteiger partial charge in [-0.2, -0.15) is 8.42 Å². The molecule has 0 aliphatic rings. The van der Waals surface area contributed by atoms with Gasteiger partial charge in [-0.05, 0) is 23.8 Å². The van der Waals surface area contributed by atoms with Crippen LogP contribution in [-0.4, -0.2) is 19.7 Å². The van der Waals surface area contributed by atoms with Crippen LogP contribution in [0.5, 0.6) is 11.5 Å². The van der Waals surface area contributed by atoms with Gasteiger partial charge in [0.1, 0.15) is 17.3 Å². The summed E-state index contributed by atoms with van der Waals surface area (Å²) in [5.74, 6) is -3.13. The van der Waals surface area contributed by atoms with E-state index in [9.17, 15) is 36.1 Å². The van der Waals surface area contributed by atoms with E-state index in [1.54, 1.807) is 0 Å². The Kier molecular flexibility index (Phi) is 5.35. The number of hydrogen-bond acceptors (Lipinski definition) is 6. The fourth-order valence-corrected chi connectivity index (χ4v) is 2.93. The summed E-state index contributed by atoms with van der Waals surface area (Å²) >= 11 is 0. The lowest BCUT2D eigenvalue weighted by atomic mass is 10.2. The van der Waals surface area contributed by atoms with Crippen molar-refractivity contribution in [2.24, 2.45) is 0 Å². The minimum absolute atomic E-state index is 0.0265. The van der Waals surface area contributed by atoms with E-state index >= 15 is 0 Å². The van der Waals surface area contributed by atoms with Gasteiger partial charge < -0.3 is 8.92 Å². The maximum atomic E-state index is 13.2. The molecule has 0 aliphatic carbocycles. The number of halogens is 4. The van der Waals surface area contributed by atoms with Crippen LogP contribution >= 0.6 is 0 Å². The Bertz CT molecular complexity index is 912. The molecule has 2 aromatic carbocycles. The van der Waals surface area contributed by atoms with E-state index in [0.717, 1.165) is 36.4 Å². The minimum atomic E-state index is -4.90. The first-order chi connectivity index (χ1) is 12.0. The third-order valence-electron chi connectivity index (χ3n) is 2.84. The van der Waals surface area contributed by atoms with Gasteiger partial charge in [-0.15, -0.1) is 13.2 Å². The van der Waals surface area contributed by atoms with Crippen LogP contribution in [0.2, 0.25) is 0 Å². The summed E-state index contributed by atoms with van der Waals surface area (Å²) in [5.41, 5.74) is -0.734. The molecule has 0 spiro atoms. The first kappa shape index (κ1) is 19.4. The molecule has 0 atom stereocenters. The molecule has 0 bridgehead atoms. The van der Waals surface area contributed by atoms with E-state index in [0.29, 0.717) is 6.07 Å². The lowest BCUT2D eigenvalue weighted by Crippen LogP contribution is -2.17. The lowest BCUT2D eigenvalue weighted by Gasteiger charge is -2.10. The van der Waals surface area contributed by atoms with Crippen molar-refractivity contribution in [3.8, 4) is 11.5 Å². The average molecular weight is 395 g/mol. The summed E-state index contributed by atoms with van der Waals surface area (Å²) < 4.78 is 81.6. The third-order valence-corrected chi connectivity index (χ3v) is 3.96. The second-order valence-electron chi connectivity index (χ2n) is 4.85. The Labute approximate surface area is 144 Å². The van der Waals surface area contributed by atoms with E-state index in [-0.39, 0.29) is 5.56 Å². The van der Waals surface area contributed by atoms with E-state index in [1.165, 1.54) is 0 Å². The summed E-state index contributed by atoms with van der Waals surface area (Å²) in [5, 5.41) is 10.8. The molecule has 0 fully saturated rings. The zero-order valence-corrected chi connectivity index (χ0v) is 13.4. The number of nitrogens with zero attached hydrogens (tertiary/aromatic N) is 1. The normalized spacial score (nSPS) is 11.8. The van der Waals surface area contributed by atoms with Crippen molar-refractivity contribution in [1.29, 1.82) is 0 Å². The highest BCUT2D eigenvalue weighted by Crippen LogP contribution is 2.29. The quantitative estimate of drug-likeness (QED) is 0.321. The molecule has 12 heteroatoms. The molecular formula is C14H9F4NO6S. The molecule has 0 aromatic heterocycles. The van der Waals surface area contributed by atoms with Crippen LogP contribution in [0.3, 0.4) is 0 Å². The Morgan fingerprint density at radius 3 is 2.23 bits per heavy atom. The molecule has 140 valence electrons. The fraction of sp³-hybridized carbons (Fsp3) is 0.143. The van der Waals surface area contributed by atoms with Crippen LogP contribution in [0, 0.1) is 15.9 Å². The molecule has 0 heterocycles. The van der Waals surface area contributed by atoms with Gasteiger partial charge in [0.05, 0.1) is 4.92 Å². The largest absolute Gasteiger partial charge is 0.573 e. The first-order valence-corrected chi connectivity index (χ1v) is 8.24. The van der Waals surface area contributed by atoms with Crippen LogP contribution in [-0.2, 0) is 15.9 Å². The van der Waals surface area contributed by atoms with Crippen molar-refractivity contribution >= 4 is 15.8 Å². The maximum Gasteiger partial charge on any atom is 0.573 e. The van der Waals surface area contributed by atoms with Crippen LogP contribution in [0.1, 0.15) is 5.56 Å². The predicted molar refractivity (Wildman–Crippen MR) is 79.4 cm³/mol.